The Morgan fingerprint density at radius 3 is 2.75 bits per heavy atom. The minimum atomic E-state index is -0.575. The second kappa shape index (κ2) is 6.86. The molecule has 0 N–H and O–H groups in total. The summed E-state index contributed by atoms with van der Waals surface area (Å²) < 4.78 is 16.3. The molecular formula is C18H20N2O4. The largest absolute Gasteiger partial charge is 0.473 e. The number of carbonyl (C=O) groups is 1. The molecule has 1 aromatic heterocycles. The van der Waals surface area contributed by atoms with Crippen LogP contribution in [0, 0.1) is 0 Å². The Morgan fingerprint density at radius 2 is 2.08 bits per heavy atom. The van der Waals surface area contributed by atoms with Gasteiger partial charge in [-0.15, -0.1) is 5.10 Å². The fourth-order valence-corrected chi connectivity index (χ4v) is 2.40. The first kappa shape index (κ1) is 16.2. The van der Waals surface area contributed by atoms with Crippen molar-refractivity contribution in [2.24, 2.45) is 0 Å². The van der Waals surface area contributed by atoms with Gasteiger partial charge in [0.25, 0.3) is 5.88 Å². The zero-order valence-corrected chi connectivity index (χ0v) is 14.0. The molecule has 0 amide bonds. The molecule has 2 aromatic rings. The van der Waals surface area contributed by atoms with E-state index in [4.69, 9.17) is 14.2 Å². The van der Waals surface area contributed by atoms with E-state index in [2.05, 4.69) is 16.3 Å². The third-order valence-electron chi connectivity index (χ3n) is 3.66. The summed E-state index contributed by atoms with van der Waals surface area (Å²) in [5.41, 5.74) is 1.38. The Balaban J connectivity index is 1.94. The maximum Gasteiger partial charge on any atom is 0.347 e. The third-order valence-corrected chi connectivity index (χ3v) is 3.66. The molecule has 0 unspecified atom stereocenters. The highest BCUT2D eigenvalue weighted by molar-refractivity contribution is 5.94. The molecule has 6 nitrogen and oxygen atoms in total. The maximum absolute atomic E-state index is 12.2. The van der Waals surface area contributed by atoms with Gasteiger partial charge in [-0.3, -0.25) is 0 Å². The molecule has 1 fully saturated rings. The monoisotopic (exact) mass is 328 g/mol. The molecular weight excluding hydrogens is 308 g/mol. The van der Waals surface area contributed by atoms with E-state index in [1.54, 1.807) is 0 Å². The summed E-state index contributed by atoms with van der Waals surface area (Å²) in [4.78, 5) is 12.2. The fourth-order valence-electron chi connectivity index (χ4n) is 2.40. The number of aromatic nitrogens is 2. The van der Waals surface area contributed by atoms with Gasteiger partial charge in [0.05, 0.1) is 19.4 Å². The van der Waals surface area contributed by atoms with E-state index in [0.717, 1.165) is 0 Å². The van der Waals surface area contributed by atoms with Gasteiger partial charge in [0.2, 0.25) is 0 Å². The Labute approximate surface area is 140 Å². The van der Waals surface area contributed by atoms with Crippen LogP contribution in [0.3, 0.4) is 0 Å². The van der Waals surface area contributed by atoms with Crippen LogP contribution in [0.25, 0.3) is 0 Å². The maximum atomic E-state index is 12.2. The number of carbonyl (C=O) groups excluding carboxylic acids is 1. The van der Waals surface area contributed by atoms with Crippen LogP contribution in [0.1, 0.15) is 48.5 Å². The van der Waals surface area contributed by atoms with Gasteiger partial charge in [0.1, 0.15) is 5.75 Å². The molecule has 0 bridgehead atoms. The van der Waals surface area contributed by atoms with Crippen molar-refractivity contribution in [3.05, 3.63) is 41.6 Å². The van der Waals surface area contributed by atoms with Gasteiger partial charge in [-0.2, -0.15) is 5.10 Å². The van der Waals surface area contributed by atoms with Crippen molar-refractivity contribution in [2.45, 2.75) is 38.7 Å². The molecule has 24 heavy (non-hydrogen) atoms. The molecule has 1 heterocycles. The van der Waals surface area contributed by atoms with E-state index in [1.807, 2.05) is 32.0 Å². The molecule has 126 valence electrons. The molecule has 0 saturated heterocycles. The number of esters is 1. The third kappa shape index (κ3) is 3.64. The van der Waals surface area contributed by atoms with Crippen LogP contribution in [-0.2, 0) is 4.74 Å². The second-order valence-corrected chi connectivity index (χ2v) is 6.00. The molecule has 0 aliphatic heterocycles. The average molecular weight is 328 g/mol. The first-order chi connectivity index (χ1) is 11.6. The van der Waals surface area contributed by atoms with Gasteiger partial charge in [-0.25, -0.2) is 4.79 Å². The molecule has 1 aliphatic rings. The van der Waals surface area contributed by atoms with Crippen molar-refractivity contribution in [3.8, 4) is 17.4 Å². The highest BCUT2D eigenvalue weighted by Crippen LogP contribution is 2.41. The fraction of sp³-hybridized carbons (Fsp3) is 0.389. The quantitative estimate of drug-likeness (QED) is 0.753. The van der Waals surface area contributed by atoms with Gasteiger partial charge in [0, 0.05) is 0 Å². The lowest BCUT2D eigenvalue weighted by Crippen LogP contribution is -2.14. The van der Waals surface area contributed by atoms with Crippen LogP contribution in [0.2, 0.25) is 0 Å². The minimum absolute atomic E-state index is 0.104. The second-order valence-electron chi connectivity index (χ2n) is 6.00. The standard InChI is InChI=1S/C18H20N2O4/c1-11(2)23-17-16(18(21)22-3)15(10-19-20-17)24-14-6-4-5-13(9-14)12-7-8-12/h4-6,9-12H,7-8H2,1-3H3. The van der Waals surface area contributed by atoms with Crippen molar-refractivity contribution in [1.82, 2.24) is 10.2 Å². The summed E-state index contributed by atoms with van der Waals surface area (Å²) in [7, 11) is 1.30. The predicted octanol–water partition coefficient (Wildman–Crippen LogP) is 3.72. The van der Waals surface area contributed by atoms with Gasteiger partial charge in [-0.1, -0.05) is 12.1 Å². The minimum Gasteiger partial charge on any atom is -0.473 e. The Morgan fingerprint density at radius 1 is 1.29 bits per heavy atom. The van der Waals surface area contributed by atoms with E-state index in [0.29, 0.717) is 11.7 Å². The summed E-state index contributed by atoms with van der Waals surface area (Å²) in [6, 6.07) is 7.86. The first-order valence-corrected chi connectivity index (χ1v) is 7.97. The van der Waals surface area contributed by atoms with E-state index in [9.17, 15) is 4.79 Å². The number of hydrogen-bond donors (Lipinski definition) is 0. The zero-order chi connectivity index (χ0) is 17.1. The summed E-state index contributed by atoms with van der Waals surface area (Å²) in [6.45, 7) is 3.69. The number of nitrogens with zero attached hydrogens (tertiary/aromatic N) is 2. The molecule has 1 aliphatic carbocycles. The number of ether oxygens (including phenoxy) is 3. The summed E-state index contributed by atoms with van der Waals surface area (Å²) >= 11 is 0. The van der Waals surface area contributed by atoms with Crippen LogP contribution in [0.15, 0.2) is 30.5 Å². The molecule has 0 atom stereocenters. The molecule has 0 spiro atoms. The Bertz CT molecular complexity index is 742. The van der Waals surface area contributed by atoms with Crippen LogP contribution in [0.5, 0.6) is 17.4 Å². The summed E-state index contributed by atoms with van der Waals surface area (Å²) in [5.74, 6) is 1.05. The Kier molecular flexibility index (Phi) is 4.64. The van der Waals surface area contributed by atoms with Crippen molar-refractivity contribution < 1.29 is 19.0 Å². The highest BCUT2D eigenvalue weighted by atomic mass is 16.5. The summed E-state index contributed by atoms with van der Waals surface area (Å²) in [6.07, 6.45) is 3.65. The first-order valence-electron chi connectivity index (χ1n) is 7.97. The lowest BCUT2D eigenvalue weighted by atomic mass is 10.1. The van der Waals surface area contributed by atoms with Gasteiger partial charge in [0.15, 0.2) is 11.3 Å². The van der Waals surface area contributed by atoms with E-state index in [1.165, 1.54) is 31.7 Å². The van der Waals surface area contributed by atoms with Crippen LogP contribution in [-0.4, -0.2) is 29.4 Å². The lowest BCUT2D eigenvalue weighted by Gasteiger charge is -2.14. The topological polar surface area (TPSA) is 70.5 Å². The van der Waals surface area contributed by atoms with Gasteiger partial charge in [-0.05, 0) is 50.3 Å². The van der Waals surface area contributed by atoms with E-state index in [-0.39, 0.29) is 23.3 Å². The van der Waals surface area contributed by atoms with Crippen LogP contribution >= 0.6 is 0 Å². The van der Waals surface area contributed by atoms with Gasteiger partial charge >= 0.3 is 5.97 Å². The van der Waals surface area contributed by atoms with Crippen LogP contribution < -0.4 is 9.47 Å². The van der Waals surface area contributed by atoms with Crippen molar-refractivity contribution >= 4 is 5.97 Å². The van der Waals surface area contributed by atoms with Crippen LogP contribution in [0.4, 0.5) is 0 Å². The highest BCUT2D eigenvalue weighted by Gasteiger charge is 2.25. The van der Waals surface area contributed by atoms with Crippen molar-refractivity contribution in [3.63, 3.8) is 0 Å². The molecule has 1 aromatic carbocycles. The zero-order valence-electron chi connectivity index (χ0n) is 14.0. The normalized spacial score (nSPS) is 13.7. The number of hydrogen-bond acceptors (Lipinski definition) is 6. The summed E-state index contributed by atoms with van der Waals surface area (Å²) in [5, 5.41) is 7.77. The lowest BCUT2D eigenvalue weighted by molar-refractivity contribution is 0.0589. The molecule has 3 rings (SSSR count). The molecule has 1 saturated carbocycles. The number of rotatable bonds is 6. The predicted molar refractivity (Wildman–Crippen MR) is 87.6 cm³/mol. The van der Waals surface area contributed by atoms with Crippen molar-refractivity contribution in [1.29, 1.82) is 0 Å². The number of benzene rings is 1. The number of methoxy groups -OCH3 is 1. The van der Waals surface area contributed by atoms with Gasteiger partial charge < -0.3 is 14.2 Å². The Hall–Kier alpha value is -2.63. The smallest absolute Gasteiger partial charge is 0.347 e. The SMILES string of the molecule is COC(=O)c1c(Oc2cccc(C3CC3)c2)cnnc1OC(C)C. The van der Waals surface area contributed by atoms with E-state index >= 15 is 0 Å². The molecule has 6 heteroatoms. The van der Waals surface area contributed by atoms with Crippen molar-refractivity contribution in [2.75, 3.05) is 7.11 Å². The molecule has 0 radical (unpaired) electrons. The average Bonchev–Trinajstić information content (AvgIpc) is 3.39. The van der Waals surface area contributed by atoms with E-state index < -0.39 is 5.97 Å².